The molecule has 1 aromatic rings. The van der Waals surface area contributed by atoms with Gasteiger partial charge in [-0.05, 0) is 31.0 Å². The van der Waals surface area contributed by atoms with E-state index in [9.17, 15) is 9.90 Å². The van der Waals surface area contributed by atoms with Gasteiger partial charge < -0.3 is 15.6 Å². The van der Waals surface area contributed by atoms with Crippen molar-refractivity contribution >= 4 is 17.6 Å². The van der Waals surface area contributed by atoms with Crippen molar-refractivity contribution in [3.05, 3.63) is 27.8 Å². The van der Waals surface area contributed by atoms with Gasteiger partial charge in [0.2, 0.25) is 0 Å². The summed E-state index contributed by atoms with van der Waals surface area (Å²) in [6, 6.07) is 0.762. The highest BCUT2D eigenvalue weighted by Gasteiger charge is 2.19. The van der Waals surface area contributed by atoms with E-state index < -0.39 is 12.0 Å². The van der Waals surface area contributed by atoms with Gasteiger partial charge in [-0.3, -0.25) is 4.79 Å². The lowest BCUT2D eigenvalue weighted by atomic mass is 9.98. The van der Waals surface area contributed by atoms with Crippen LogP contribution in [0.3, 0.4) is 0 Å². The number of aromatic hydroxyl groups is 1. The average molecular weight is 258 g/mol. The van der Waals surface area contributed by atoms with Gasteiger partial charge in [0.05, 0.1) is 7.11 Å². The quantitative estimate of drug-likeness (QED) is 0.809. The Kier molecular flexibility index (Phi) is 4.37. The summed E-state index contributed by atoms with van der Waals surface area (Å²) < 4.78 is 4.54. The fourth-order valence-electron chi connectivity index (χ4n) is 1.69. The van der Waals surface area contributed by atoms with Crippen molar-refractivity contribution in [3.8, 4) is 5.75 Å². The number of aryl methyl sites for hydroxylation is 1. The van der Waals surface area contributed by atoms with Crippen LogP contribution in [-0.2, 0) is 16.0 Å². The van der Waals surface area contributed by atoms with Crippen LogP contribution in [0.1, 0.15) is 16.7 Å². The molecule has 0 heterocycles. The minimum absolute atomic E-state index is 0.101. The van der Waals surface area contributed by atoms with Crippen LogP contribution in [0.5, 0.6) is 5.75 Å². The van der Waals surface area contributed by atoms with E-state index in [0.717, 1.165) is 11.1 Å². The van der Waals surface area contributed by atoms with Crippen molar-refractivity contribution in [1.29, 1.82) is 0 Å². The first-order valence-corrected chi connectivity index (χ1v) is 5.57. The second-order valence-electron chi connectivity index (χ2n) is 3.96. The predicted octanol–water partition coefficient (Wildman–Crippen LogP) is 1.71. The summed E-state index contributed by atoms with van der Waals surface area (Å²) in [5.41, 5.74) is 7.77. The molecule has 0 aliphatic rings. The van der Waals surface area contributed by atoms with Crippen molar-refractivity contribution in [2.75, 3.05) is 7.11 Å². The van der Waals surface area contributed by atoms with Crippen molar-refractivity contribution in [3.63, 3.8) is 0 Å². The van der Waals surface area contributed by atoms with Gasteiger partial charge in [0.1, 0.15) is 11.8 Å². The van der Waals surface area contributed by atoms with Crippen LogP contribution in [0, 0.1) is 13.8 Å². The van der Waals surface area contributed by atoms with Crippen LogP contribution in [0.15, 0.2) is 6.07 Å². The van der Waals surface area contributed by atoms with Crippen molar-refractivity contribution in [1.82, 2.24) is 0 Å². The molecule has 0 amide bonds. The average Bonchev–Trinajstić information content (AvgIpc) is 2.30. The molecule has 4 nitrogen and oxygen atoms in total. The summed E-state index contributed by atoms with van der Waals surface area (Å²) in [6.45, 7) is 3.59. The van der Waals surface area contributed by atoms with Crippen LogP contribution in [0.2, 0.25) is 5.02 Å². The molecule has 0 aliphatic heterocycles. The standard InChI is InChI=1S/C12H16ClNO3/c1-6-4-10(15)8(7(2)11(6)13)5-9(14)12(16)17-3/h4,9,15H,5,14H2,1-3H3. The Morgan fingerprint density at radius 1 is 1.59 bits per heavy atom. The van der Waals surface area contributed by atoms with E-state index >= 15 is 0 Å². The number of phenols is 1. The smallest absolute Gasteiger partial charge is 0.322 e. The van der Waals surface area contributed by atoms with Gasteiger partial charge in [-0.1, -0.05) is 11.6 Å². The summed E-state index contributed by atoms with van der Waals surface area (Å²) in [5.74, 6) is -0.413. The summed E-state index contributed by atoms with van der Waals surface area (Å²) in [4.78, 5) is 11.2. The van der Waals surface area contributed by atoms with Gasteiger partial charge in [-0.25, -0.2) is 0 Å². The Balaban J connectivity index is 3.07. The third kappa shape index (κ3) is 2.90. The molecule has 1 aromatic carbocycles. The highest BCUT2D eigenvalue weighted by Crippen LogP contribution is 2.31. The lowest BCUT2D eigenvalue weighted by Gasteiger charge is -2.15. The summed E-state index contributed by atoms with van der Waals surface area (Å²) in [6.07, 6.45) is 0.199. The normalized spacial score (nSPS) is 12.3. The van der Waals surface area contributed by atoms with E-state index in [2.05, 4.69) is 4.74 Å². The van der Waals surface area contributed by atoms with Gasteiger partial charge >= 0.3 is 5.97 Å². The number of esters is 1. The first-order valence-electron chi connectivity index (χ1n) is 5.19. The molecule has 1 rings (SSSR count). The Hall–Kier alpha value is -1.26. The topological polar surface area (TPSA) is 72.5 Å². The van der Waals surface area contributed by atoms with Gasteiger partial charge in [-0.2, -0.15) is 0 Å². The zero-order chi connectivity index (χ0) is 13.2. The monoisotopic (exact) mass is 257 g/mol. The third-order valence-electron chi connectivity index (χ3n) is 2.72. The number of phenolic OH excluding ortho intramolecular Hbond substituents is 1. The molecule has 0 aliphatic carbocycles. The van der Waals surface area contributed by atoms with E-state index in [0.29, 0.717) is 10.6 Å². The molecule has 17 heavy (non-hydrogen) atoms. The van der Waals surface area contributed by atoms with Gasteiger partial charge in [0, 0.05) is 17.0 Å². The molecule has 0 saturated heterocycles. The largest absolute Gasteiger partial charge is 0.508 e. The number of rotatable bonds is 3. The second kappa shape index (κ2) is 5.38. The number of carbonyl (C=O) groups is 1. The number of nitrogens with two attached hydrogens (primary N) is 1. The van der Waals surface area contributed by atoms with Crippen molar-refractivity contribution in [2.45, 2.75) is 26.3 Å². The lowest BCUT2D eigenvalue weighted by Crippen LogP contribution is -2.33. The maximum absolute atomic E-state index is 11.2. The number of ether oxygens (including phenoxy) is 1. The van der Waals surface area contributed by atoms with E-state index in [1.807, 2.05) is 0 Å². The highest BCUT2D eigenvalue weighted by molar-refractivity contribution is 6.32. The maximum atomic E-state index is 11.2. The number of hydrogen-bond acceptors (Lipinski definition) is 4. The van der Waals surface area contributed by atoms with E-state index in [1.165, 1.54) is 7.11 Å². The fraction of sp³-hybridized carbons (Fsp3) is 0.417. The first kappa shape index (κ1) is 13.8. The van der Waals surface area contributed by atoms with E-state index in [4.69, 9.17) is 17.3 Å². The maximum Gasteiger partial charge on any atom is 0.322 e. The Labute approximate surface area is 105 Å². The molecule has 1 unspecified atom stereocenters. The predicted molar refractivity (Wildman–Crippen MR) is 66.3 cm³/mol. The van der Waals surface area contributed by atoms with E-state index in [-0.39, 0.29) is 12.2 Å². The third-order valence-corrected chi connectivity index (χ3v) is 3.30. The lowest BCUT2D eigenvalue weighted by molar-refractivity contribution is -0.142. The molecule has 1 atom stereocenters. The molecular weight excluding hydrogens is 242 g/mol. The van der Waals surface area contributed by atoms with Crippen molar-refractivity contribution < 1.29 is 14.6 Å². The highest BCUT2D eigenvalue weighted by atomic mass is 35.5. The summed E-state index contributed by atoms with van der Waals surface area (Å²) in [7, 11) is 1.27. The number of hydrogen-bond donors (Lipinski definition) is 2. The van der Waals surface area contributed by atoms with Crippen molar-refractivity contribution in [2.24, 2.45) is 5.73 Å². The second-order valence-corrected chi connectivity index (χ2v) is 4.34. The molecule has 94 valence electrons. The van der Waals surface area contributed by atoms with Crippen LogP contribution >= 0.6 is 11.6 Å². The van der Waals surface area contributed by atoms with Crippen LogP contribution in [0.25, 0.3) is 0 Å². The van der Waals surface area contributed by atoms with Gasteiger partial charge in [-0.15, -0.1) is 0 Å². The minimum atomic E-state index is -0.802. The van der Waals surface area contributed by atoms with Crippen LogP contribution in [-0.4, -0.2) is 24.2 Å². The zero-order valence-electron chi connectivity index (χ0n) is 10.1. The molecule has 0 radical (unpaired) electrons. The number of halogens is 1. The molecular formula is C12H16ClNO3. The molecule has 0 aromatic heterocycles. The fourth-order valence-corrected chi connectivity index (χ4v) is 1.86. The molecule has 0 fully saturated rings. The molecule has 5 heteroatoms. The number of carbonyl (C=O) groups excluding carboxylic acids is 1. The number of benzene rings is 1. The minimum Gasteiger partial charge on any atom is -0.508 e. The van der Waals surface area contributed by atoms with Crippen LogP contribution < -0.4 is 5.73 Å². The van der Waals surface area contributed by atoms with Gasteiger partial charge in [0.15, 0.2) is 0 Å². The Morgan fingerprint density at radius 3 is 2.71 bits per heavy atom. The van der Waals surface area contributed by atoms with Gasteiger partial charge in [0.25, 0.3) is 0 Å². The summed E-state index contributed by atoms with van der Waals surface area (Å²) in [5, 5.41) is 10.4. The first-order chi connectivity index (χ1) is 7.88. The SMILES string of the molecule is COC(=O)C(N)Cc1c(O)cc(C)c(Cl)c1C. The van der Waals surface area contributed by atoms with Crippen LogP contribution in [0.4, 0.5) is 0 Å². The molecule has 3 N–H and O–H groups in total. The molecule has 0 spiro atoms. The Morgan fingerprint density at radius 2 is 2.18 bits per heavy atom. The molecule has 0 saturated carbocycles. The summed E-state index contributed by atoms with van der Waals surface area (Å²) >= 11 is 6.08. The molecule has 0 bridgehead atoms. The Bertz CT molecular complexity index is 446. The van der Waals surface area contributed by atoms with E-state index in [1.54, 1.807) is 19.9 Å². The number of methoxy groups -OCH3 is 1. The zero-order valence-corrected chi connectivity index (χ0v) is 10.8.